The Morgan fingerprint density at radius 3 is 2.30 bits per heavy atom. The molecule has 0 radical (unpaired) electrons. The lowest BCUT2D eigenvalue weighted by molar-refractivity contribution is -0.125. The molecule has 20 heavy (non-hydrogen) atoms. The van der Waals surface area contributed by atoms with Crippen molar-refractivity contribution in [2.75, 3.05) is 5.75 Å². The number of hydrogen-bond donors (Lipinski definition) is 2. The first kappa shape index (κ1) is 17.1. The molecule has 0 aliphatic rings. The SMILES string of the molecule is CCSc1ccc(C(C)NC(=O)[C@@H](N)C(C)(C)C)cc1. The Balaban J connectivity index is 2.66. The lowest BCUT2D eigenvalue weighted by Crippen LogP contribution is -2.49. The summed E-state index contributed by atoms with van der Waals surface area (Å²) in [5.74, 6) is 0.962. The third kappa shape index (κ3) is 4.84. The highest BCUT2D eigenvalue weighted by molar-refractivity contribution is 7.99. The molecule has 4 heteroatoms. The highest BCUT2D eigenvalue weighted by Gasteiger charge is 2.28. The second-order valence-electron chi connectivity index (χ2n) is 6.08. The van der Waals surface area contributed by atoms with Gasteiger partial charge >= 0.3 is 0 Å². The van der Waals surface area contributed by atoms with Gasteiger partial charge < -0.3 is 11.1 Å². The summed E-state index contributed by atoms with van der Waals surface area (Å²) >= 11 is 1.81. The van der Waals surface area contributed by atoms with E-state index in [1.54, 1.807) is 0 Å². The smallest absolute Gasteiger partial charge is 0.237 e. The molecular weight excluding hydrogens is 268 g/mol. The molecule has 3 N–H and O–H groups in total. The van der Waals surface area contributed by atoms with E-state index < -0.39 is 6.04 Å². The van der Waals surface area contributed by atoms with E-state index >= 15 is 0 Å². The molecule has 0 spiro atoms. The fraction of sp³-hybridized carbons (Fsp3) is 0.562. The average Bonchev–Trinajstić information content (AvgIpc) is 2.37. The van der Waals surface area contributed by atoms with Crippen molar-refractivity contribution in [2.24, 2.45) is 11.1 Å². The molecule has 3 nitrogen and oxygen atoms in total. The van der Waals surface area contributed by atoms with Gasteiger partial charge in [0, 0.05) is 4.90 Å². The summed E-state index contributed by atoms with van der Waals surface area (Å²) in [4.78, 5) is 13.4. The molecular formula is C16H26N2OS. The Hall–Kier alpha value is -1.00. The Labute approximate surface area is 126 Å². The lowest BCUT2D eigenvalue weighted by Gasteiger charge is -2.27. The molecule has 0 fully saturated rings. The second-order valence-corrected chi connectivity index (χ2v) is 7.41. The van der Waals surface area contributed by atoms with E-state index in [9.17, 15) is 4.79 Å². The van der Waals surface area contributed by atoms with Crippen molar-refractivity contribution in [2.45, 2.75) is 51.6 Å². The van der Waals surface area contributed by atoms with Crippen molar-refractivity contribution >= 4 is 17.7 Å². The molecule has 0 saturated heterocycles. The zero-order valence-corrected chi connectivity index (χ0v) is 13.9. The van der Waals surface area contributed by atoms with Gasteiger partial charge in [-0.05, 0) is 35.8 Å². The van der Waals surface area contributed by atoms with Crippen molar-refractivity contribution in [3.8, 4) is 0 Å². The van der Waals surface area contributed by atoms with Gasteiger partial charge in [0.1, 0.15) is 0 Å². The predicted octanol–water partition coefficient (Wildman–Crippen LogP) is 3.35. The number of thioether (sulfide) groups is 1. The molecule has 0 aliphatic heterocycles. The second kappa shape index (κ2) is 7.14. The minimum atomic E-state index is -0.500. The highest BCUT2D eigenvalue weighted by Crippen LogP contribution is 2.22. The van der Waals surface area contributed by atoms with Crippen LogP contribution in [-0.4, -0.2) is 17.7 Å². The maximum atomic E-state index is 12.1. The Morgan fingerprint density at radius 2 is 1.85 bits per heavy atom. The topological polar surface area (TPSA) is 55.1 Å². The fourth-order valence-electron chi connectivity index (χ4n) is 1.80. The quantitative estimate of drug-likeness (QED) is 0.819. The zero-order valence-electron chi connectivity index (χ0n) is 13.1. The first-order valence-corrected chi connectivity index (χ1v) is 8.03. The molecule has 1 amide bonds. The van der Waals surface area contributed by atoms with Crippen LogP contribution in [0.15, 0.2) is 29.2 Å². The van der Waals surface area contributed by atoms with E-state index in [1.807, 2.05) is 39.5 Å². The molecule has 0 heterocycles. The minimum absolute atomic E-state index is 0.0309. The van der Waals surface area contributed by atoms with Crippen LogP contribution in [0, 0.1) is 5.41 Å². The first-order chi connectivity index (χ1) is 9.25. The summed E-state index contributed by atoms with van der Waals surface area (Å²) in [6.45, 7) is 10.0. The van der Waals surface area contributed by atoms with Crippen LogP contribution in [0.1, 0.15) is 46.2 Å². The van der Waals surface area contributed by atoms with Gasteiger partial charge in [-0.25, -0.2) is 0 Å². The number of hydrogen-bond acceptors (Lipinski definition) is 3. The van der Waals surface area contributed by atoms with E-state index in [0.717, 1.165) is 11.3 Å². The van der Waals surface area contributed by atoms with Crippen LogP contribution in [0.5, 0.6) is 0 Å². The molecule has 1 aromatic rings. The summed E-state index contributed by atoms with van der Waals surface area (Å²) in [6.07, 6.45) is 0. The maximum Gasteiger partial charge on any atom is 0.237 e. The highest BCUT2D eigenvalue weighted by atomic mass is 32.2. The predicted molar refractivity (Wildman–Crippen MR) is 86.8 cm³/mol. The number of carbonyl (C=O) groups is 1. The molecule has 1 aromatic carbocycles. The van der Waals surface area contributed by atoms with Crippen molar-refractivity contribution < 1.29 is 4.79 Å². The number of rotatable bonds is 5. The van der Waals surface area contributed by atoms with E-state index in [4.69, 9.17) is 5.73 Å². The maximum absolute atomic E-state index is 12.1. The molecule has 0 bridgehead atoms. The Kier molecular flexibility index (Phi) is 6.08. The molecule has 0 aliphatic carbocycles. The van der Waals surface area contributed by atoms with Gasteiger partial charge in [-0.1, -0.05) is 39.8 Å². The standard InChI is InChI=1S/C16H26N2OS/c1-6-20-13-9-7-12(8-10-13)11(2)18-15(19)14(17)16(3,4)5/h7-11,14H,6,17H2,1-5H3,(H,18,19)/t11?,14-/m1/s1. The summed E-state index contributed by atoms with van der Waals surface area (Å²) in [5, 5.41) is 2.98. The van der Waals surface area contributed by atoms with E-state index in [1.165, 1.54) is 4.90 Å². The van der Waals surface area contributed by atoms with Gasteiger partial charge in [-0.2, -0.15) is 0 Å². The molecule has 1 unspecified atom stereocenters. The van der Waals surface area contributed by atoms with Gasteiger partial charge in [0.2, 0.25) is 5.91 Å². The van der Waals surface area contributed by atoms with Gasteiger partial charge in [0.25, 0.3) is 0 Å². The zero-order chi connectivity index (χ0) is 15.3. The van der Waals surface area contributed by atoms with Crippen LogP contribution in [0.25, 0.3) is 0 Å². The summed E-state index contributed by atoms with van der Waals surface area (Å²) < 4.78 is 0. The molecule has 0 aromatic heterocycles. The number of nitrogens with two attached hydrogens (primary N) is 1. The van der Waals surface area contributed by atoms with E-state index in [-0.39, 0.29) is 17.4 Å². The number of carbonyl (C=O) groups excluding carboxylic acids is 1. The molecule has 2 atom stereocenters. The lowest BCUT2D eigenvalue weighted by atomic mass is 9.86. The minimum Gasteiger partial charge on any atom is -0.348 e. The van der Waals surface area contributed by atoms with Crippen molar-refractivity contribution in [1.82, 2.24) is 5.32 Å². The Bertz CT molecular complexity index is 437. The fourth-order valence-corrected chi connectivity index (χ4v) is 2.46. The van der Waals surface area contributed by atoms with Crippen LogP contribution in [0.4, 0.5) is 0 Å². The van der Waals surface area contributed by atoms with Crippen LogP contribution < -0.4 is 11.1 Å². The van der Waals surface area contributed by atoms with Crippen molar-refractivity contribution in [1.29, 1.82) is 0 Å². The van der Waals surface area contributed by atoms with Gasteiger partial charge in [0.05, 0.1) is 12.1 Å². The summed E-state index contributed by atoms with van der Waals surface area (Å²) in [7, 11) is 0. The van der Waals surface area contributed by atoms with Crippen LogP contribution in [0.3, 0.4) is 0 Å². The number of amides is 1. The van der Waals surface area contributed by atoms with E-state index in [2.05, 4.69) is 36.5 Å². The largest absolute Gasteiger partial charge is 0.348 e. The third-order valence-corrected chi connectivity index (χ3v) is 4.16. The van der Waals surface area contributed by atoms with Gasteiger partial charge in [-0.15, -0.1) is 11.8 Å². The summed E-state index contributed by atoms with van der Waals surface area (Å²) in [5.41, 5.74) is 6.84. The van der Waals surface area contributed by atoms with Gasteiger partial charge in [0.15, 0.2) is 0 Å². The van der Waals surface area contributed by atoms with Gasteiger partial charge in [-0.3, -0.25) is 4.79 Å². The molecule has 112 valence electrons. The Morgan fingerprint density at radius 1 is 1.30 bits per heavy atom. The van der Waals surface area contributed by atoms with Crippen molar-refractivity contribution in [3.63, 3.8) is 0 Å². The van der Waals surface area contributed by atoms with Crippen LogP contribution >= 0.6 is 11.8 Å². The van der Waals surface area contributed by atoms with E-state index in [0.29, 0.717) is 0 Å². The number of benzene rings is 1. The first-order valence-electron chi connectivity index (χ1n) is 7.04. The third-order valence-electron chi connectivity index (χ3n) is 3.27. The normalized spacial score (nSPS) is 14.7. The van der Waals surface area contributed by atoms with Crippen molar-refractivity contribution in [3.05, 3.63) is 29.8 Å². The average molecular weight is 294 g/mol. The monoisotopic (exact) mass is 294 g/mol. The molecule has 1 rings (SSSR count). The molecule has 0 saturated carbocycles. The van der Waals surface area contributed by atoms with Crippen LogP contribution in [-0.2, 0) is 4.79 Å². The summed E-state index contributed by atoms with van der Waals surface area (Å²) in [6, 6.07) is 7.78. The number of nitrogens with one attached hydrogen (secondary N) is 1. The van der Waals surface area contributed by atoms with Crippen LogP contribution in [0.2, 0.25) is 0 Å².